The maximum atomic E-state index is 5.98. The van der Waals surface area contributed by atoms with Crippen molar-refractivity contribution in [1.82, 2.24) is 0 Å². The molecule has 5 heteroatoms. The van der Waals surface area contributed by atoms with Gasteiger partial charge in [0.2, 0.25) is 0 Å². The predicted octanol–water partition coefficient (Wildman–Crippen LogP) is 3.86. The number of anilines is 2. The fraction of sp³-hybridized carbons (Fsp3) is 0.381. The first-order chi connectivity index (χ1) is 12.6. The van der Waals surface area contributed by atoms with Crippen molar-refractivity contribution in [2.24, 2.45) is 16.6 Å². The molecule has 1 aliphatic heterocycles. The Morgan fingerprint density at radius 2 is 1.77 bits per heavy atom. The number of nitrogens with two attached hydrogens (primary N) is 1. The largest absolute Gasteiger partial charge is 0.497 e. The van der Waals surface area contributed by atoms with Crippen LogP contribution in [-0.2, 0) is 6.54 Å². The van der Waals surface area contributed by atoms with Crippen molar-refractivity contribution in [2.45, 2.75) is 26.3 Å². The van der Waals surface area contributed by atoms with Crippen molar-refractivity contribution < 1.29 is 4.74 Å². The summed E-state index contributed by atoms with van der Waals surface area (Å²) in [5.74, 6) is 2.07. The Hall–Kier alpha value is -2.69. The highest BCUT2D eigenvalue weighted by atomic mass is 16.5. The average molecular weight is 352 g/mol. The topological polar surface area (TPSA) is 62.9 Å². The molecular formula is C21H28N4O. The molecule has 1 heterocycles. The lowest BCUT2D eigenvalue weighted by molar-refractivity contribution is 0.415. The first kappa shape index (κ1) is 18.1. The van der Waals surface area contributed by atoms with Gasteiger partial charge < -0.3 is 20.7 Å². The van der Waals surface area contributed by atoms with Crippen molar-refractivity contribution in [3.8, 4) is 5.75 Å². The molecular weight excluding hydrogens is 324 g/mol. The Morgan fingerprint density at radius 3 is 2.38 bits per heavy atom. The van der Waals surface area contributed by atoms with Crippen LogP contribution < -0.4 is 20.7 Å². The van der Waals surface area contributed by atoms with Crippen LogP contribution in [0.1, 0.15) is 25.3 Å². The Kier molecular flexibility index (Phi) is 6.00. The number of rotatable bonds is 5. The molecule has 0 unspecified atom stereocenters. The maximum absolute atomic E-state index is 5.98. The highest BCUT2D eigenvalue weighted by molar-refractivity contribution is 5.92. The number of aliphatic imine (C=N–C) groups is 1. The minimum absolute atomic E-state index is 0.407. The van der Waals surface area contributed by atoms with Gasteiger partial charge in [0.05, 0.1) is 13.7 Å². The molecule has 0 amide bonds. The molecule has 26 heavy (non-hydrogen) atoms. The number of benzene rings is 2. The van der Waals surface area contributed by atoms with E-state index in [4.69, 9.17) is 10.5 Å². The molecule has 1 saturated heterocycles. The second-order valence-electron chi connectivity index (χ2n) is 6.89. The Bertz CT molecular complexity index is 717. The monoisotopic (exact) mass is 352 g/mol. The third-order valence-corrected chi connectivity index (χ3v) is 4.88. The molecule has 2 aromatic carbocycles. The van der Waals surface area contributed by atoms with E-state index >= 15 is 0 Å². The van der Waals surface area contributed by atoms with Gasteiger partial charge in [-0.1, -0.05) is 19.1 Å². The van der Waals surface area contributed by atoms with E-state index in [-0.39, 0.29) is 0 Å². The van der Waals surface area contributed by atoms with Gasteiger partial charge in [0.25, 0.3) is 0 Å². The molecule has 0 aromatic heterocycles. The predicted molar refractivity (Wildman–Crippen MR) is 109 cm³/mol. The maximum Gasteiger partial charge on any atom is 0.193 e. The molecule has 0 radical (unpaired) electrons. The summed E-state index contributed by atoms with van der Waals surface area (Å²) >= 11 is 0. The zero-order valence-corrected chi connectivity index (χ0v) is 15.6. The minimum atomic E-state index is 0.407. The average Bonchev–Trinajstić information content (AvgIpc) is 2.68. The summed E-state index contributed by atoms with van der Waals surface area (Å²) < 4.78 is 5.15. The number of hydrogen-bond donors (Lipinski definition) is 2. The summed E-state index contributed by atoms with van der Waals surface area (Å²) in [6.07, 6.45) is 2.55. The lowest BCUT2D eigenvalue weighted by atomic mass is 9.99. The molecule has 0 saturated carbocycles. The summed E-state index contributed by atoms with van der Waals surface area (Å²) in [4.78, 5) is 6.89. The molecule has 0 atom stereocenters. The molecule has 2 aromatic rings. The number of nitrogens with one attached hydrogen (secondary N) is 1. The standard InChI is InChI=1S/C21H28N4O/c1-16-11-13-25(14-12-16)19-7-3-17(4-8-19)15-23-21(22)24-18-5-9-20(26-2)10-6-18/h3-10,16H,11-15H2,1-2H3,(H3,22,23,24). The molecule has 0 aliphatic carbocycles. The molecule has 3 N–H and O–H groups in total. The van der Waals surface area contributed by atoms with Crippen molar-refractivity contribution >= 4 is 17.3 Å². The quantitative estimate of drug-likeness (QED) is 0.634. The van der Waals surface area contributed by atoms with Crippen LogP contribution in [0.5, 0.6) is 5.75 Å². The molecule has 1 fully saturated rings. The normalized spacial score (nSPS) is 15.8. The van der Waals surface area contributed by atoms with Gasteiger partial charge in [-0.2, -0.15) is 0 Å². The molecule has 1 aliphatic rings. The Morgan fingerprint density at radius 1 is 1.12 bits per heavy atom. The van der Waals surface area contributed by atoms with E-state index in [1.165, 1.54) is 18.5 Å². The van der Waals surface area contributed by atoms with Gasteiger partial charge in [0.15, 0.2) is 5.96 Å². The fourth-order valence-electron chi connectivity index (χ4n) is 3.12. The zero-order valence-electron chi connectivity index (χ0n) is 15.6. The molecule has 5 nitrogen and oxygen atoms in total. The van der Waals surface area contributed by atoms with Gasteiger partial charge in [0, 0.05) is 24.5 Å². The number of nitrogens with zero attached hydrogens (tertiary/aromatic N) is 2. The third kappa shape index (κ3) is 4.91. The van der Waals surface area contributed by atoms with Gasteiger partial charge in [-0.15, -0.1) is 0 Å². The van der Waals surface area contributed by atoms with Crippen molar-refractivity contribution in [3.63, 3.8) is 0 Å². The van der Waals surface area contributed by atoms with Gasteiger partial charge in [0.1, 0.15) is 5.75 Å². The summed E-state index contributed by atoms with van der Waals surface area (Å²) in [7, 11) is 1.65. The Balaban J connectivity index is 1.53. The smallest absolute Gasteiger partial charge is 0.193 e. The molecule has 0 spiro atoms. The van der Waals surface area contributed by atoms with Crippen molar-refractivity contribution in [3.05, 3.63) is 54.1 Å². The Labute approximate surface area is 155 Å². The molecule has 0 bridgehead atoms. The van der Waals surface area contributed by atoms with Gasteiger partial charge in [-0.05, 0) is 60.7 Å². The van der Waals surface area contributed by atoms with Crippen LogP contribution >= 0.6 is 0 Å². The van der Waals surface area contributed by atoms with E-state index in [1.807, 2.05) is 24.3 Å². The van der Waals surface area contributed by atoms with E-state index in [9.17, 15) is 0 Å². The van der Waals surface area contributed by atoms with Crippen LogP contribution in [0.4, 0.5) is 11.4 Å². The number of methoxy groups -OCH3 is 1. The second-order valence-corrected chi connectivity index (χ2v) is 6.89. The van der Waals surface area contributed by atoms with Crippen LogP contribution in [0.15, 0.2) is 53.5 Å². The summed E-state index contributed by atoms with van der Waals surface area (Å²) in [5.41, 5.74) is 9.33. The third-order valence-electron chi connectivity index (χ3n) is 4.88. The number of piperidine rings is 1. The SMILES string of the molecule is COc1ccc(NC(N)=NCc2ccc(N3CCC(C)CC3)cc2)cc1. The summed E-state index contributed by atoms with van der Waals surface area (Å²) in [6.45, 7) is 5.20. The van der Waals surface area contributed by atoms with Crippen LogP contribution in [0.25, 0.3) is 0 Å². The van der Waals surface area contributed by atoms with Crippen LogP contribution in [0, 0.1) is 5.92 Å². The van der Waals surface area contributed by atoms with Crippen LogP contribution in [-0.4, -0.2) is 26.2 Å². The van der Waals surface area contributed by atoms with Crippen LogP contribution in [0.3, 0.4) is 0 Å². The number of hydrogen-bond acceptors (Lipinski definition) is 3. The zero-order chi connectivity index (χ0) is 18.4. The van der Waals surface area contributed by atoms with E-state index in [0.717, 1.165) is 36.0 Å². The van der Waals surface area contributed by atoms with Crippen LogP contribution in [0.2, 0.25) is 0 Å². The van der Waals surface area contributed by atoms with Crippen molar-refractivity contribution in [2.75, 3.05) is 30.4 Å². The first-order valence-electron chi connectivity index (χ1n) is 9.19. The summed E-state index contributed by atoms with van der Waals surface area (Å²) in [5, 5.41) is 3.09. The van der Waals surface area contributed by atoms with Crippen molar-refractivity contribution in [1.29, 1.82) is 0 Å². The molecule has 138 valence electrons. The van der Waals surface area contributed by atoms with Gasteiger partial charge in [-0.3, -0.25) is 0 Å². The molecule has 3 rings (SSSR count). The minimum Gasteiger partial charge on any atom is -0.497 e. The first-order valence-corrected chi connectivity index (χ1v) is 9.19. The van der Waals surface area contributed by atoms with Gasteiger partial charge in [-0.25, -0.2) is 4.99 Å². The fourth-order valence-corrected chi connectivity index (χ4v) is 3.12. The number of guanidine groups is 1. The lowest BCUT2D eigenvalue weighted by Crippen LogP contribution is -2.32. The highest BCUT2D eigenvalue weighted by Gasteiger charge is 2.15. The van der Waals surface area contributed by atoms with E-state index in [2.05, 4.69) is 46.4 Å². The second kappa shape index (κ2) is 8.61. The highest BCUT2D eigenvalue weighted by Crippen LogP contribution is 2.23. The van der Waals surface area contributed by atoms with E-state index < -0.39 is 0 Å². The van der Waals surface area contributed by atoms with Gasteiger partial charge >= 0.3 is 0 Å². The summed E-state index contributed by atoms with van der Waals surface area (Å²) in [6, 6.07) is 16.2. The lowest BCUT2D eigenvalue weighted by Gasteiger charge is -2.32. The van der Waals surface area contributed by atoms with E-state index in [0.29, 0.717) is 12.5 Å². The number of ether oxygens (including phenoxy) is 1. The van der Waals surface area contributed by atoms with E-state index in [1.54, 1.807) is 7.11 Å².